The lowest BCUT2D eigenvalue weighted by atomic mass is 9.70. The van der Waals surface area contributed by atoms with Crippen LogP contribution in [0.1, 0.15) is 46.5 Å². The Morgan fingerprint density at radius 1 is 1.22 bits per heavy atom. The fourth-order valence-electron chi connectivity index (χ4n) is 2.48. The fraction of sp³-hybridized carbons (Fsp3) is 0.846. The quantitative estimate of drug-likeness (QED) is 0.745. The van der Waals surface area contributed by atoms with Crippen molar-refractivity contribution in [2.45, 2.75) is 46.5 Å². The van der Waals surface area contributed by atoms with E-state index in [0.29, 0.717) is 11.3 Å². The Kier molecular flexibility index (Phi) is 5.14. The summed E-state index contributed by atoms with van der Waals surface area (Å²) < 4.78 is 0. The van der Waals surface area contributed by atoms with E-state index in [1.807, 2.05) is 0 Å². The zero-order valence-electron chi connectivity index (χ0n) is 11.5. The van der Waals surface area contributed by atoms with Crippen molar-refractivity contribution in [2.24, 2.45) is 23.0 Å². The third-order valence-corrected chi connectivity index (χ3v) is 3.71. The smallest absolute Gasteiger partial charge is 0.246 e. The molecule has 1 aliphatic carbocycles. The molecular weight excluding hydrogens is 232 g/mol. The van der Waals surface area contributed by atoms with Gasteiger partial charge in [0.25, 0.3) is 0 Å². The van der Waals surface area contributed by atoms with E-state index in [2.05, 4.69) is 26.3 Å². The van der Waals surface area contributed by atoms with Crippen LogP contribution in [0.2, 0.25) is 0 Å². The molecule has 3 N–H and O–H groups in total. The van der Waals surface area contributed by atoms with Crippen molar-refractivity contribution in [3.63, 3.8) is 0 Å². The summed E-state index contributed by atoms with van der Waals surface area (Å²) in [7, 11) is 0. The van der Waals surface area contributed by atoms with Crippen molar-refractivity contribution in [3.05, 3.63) is 0 Å². The van der Waals surface area contributed by atoms with Gasteiger partial charge < -0.3 is 5.73 Å². The van der Waals surface area contributed by atoms with E-state index in [-0.39, 0.29) is 18.4 Å². The molecule has 0 unspecified atom stereocenters. The highest BCUT2D eigenvalue weighted by Gasteiger charge is 2.32. The minimum absolute atomic E-state index is 0.00326. The second-order valence-electron chi connectivity index (χ2n) is 6.14. The van der Waals surface area contributed by atoms with Crippen LogP contribution in [0.15, 0.2) is 0 Å². The van der Waals surface area contributed by atoms with Crippen LogP contribution in [0.4, 0.5) is 0 Å². The number of carbonyl (C=O) groups is 2. The van der Waals surface area contributed by atoms with Crippen molar-refractivity contribution in [1.82, 2.24) is 5.48 Å². The first-order valence-electron chi connectivity index (χ1n) is 6.50. The molecule has 104 valence electrons. The Hall–Kier alpha value is -1.10. The second-order valence-corrected chi connectivity index (χ2v) is 6.14. The molecule has 0 aromatic heterocycles. The summed E-state index contributed by atoms with van der Waals surface area (Å²) in [5, 5.41) is 0. The normalized spacial score (nSPS) is 24.6. The first-order valence-corrected chi connectivity index (χ1v) is 6.50. The van der Waals surface area contributed by atoms with E-state index >= 15 is 0 Å². The van der Waals surface area contributed by atoms with Gasteiger partial charge in [-0.25, -0.2) is 5.48 Å². The summed E-state index contributed by atoms with van der Waals surface area (Å²) in [6.07, 6.45) is 3.90. The topological polar surface area (TPSA) is 81.4 Å². The largest absolute Gasteiger partial charge is 0.368 e. The van der Waals surface area contributed by atoms with Gasteiger partial charge in [-0.15, -0.1) is 0 Å². The summed E-state index contributed by atoms with van der Waals surface area (Å²) in [6.45, 7) is 6.46. The van der Waals surface area contributed by atoms with Gasteiger partial charge in [-0.1, -0.05) is 20.8 Å². The highest BCUT2D eigenvalue weighted by atomic mass is 16.7. The molecule has 0 aliphatic heterocycles. The molecule has 1 fully saturated rings. The van der Waals surface area contributed by atoms with Gasteiger partial charge in [0.15, 0.2) is 6.61 Å². The van der Waals surface area contributed by atoms with Crippen molar-refractivity contribution >= 4 is 11.8 Å². The highest BCUT2D eigenvalue weighted by Crippen LogP contribution is 2.39. The maximum atomic E-state index is 11.7. The van der Waals surface area contributed by atoms with Crippen molar-refractivity contribution in [2.75, 3.05) is 6.61 Å². The monoisotopic (exact) mass is 256 g/mol. The molecule has 5 nitrogen and oxygen atoms in total. The fourth-order valence-corrected chi connectivity index (χ4v) is 2.48. The molecule has 0 aromatic rings. The van der Waals surface area contributed by atoms with Gasteiger partial charge in [0.2, 0.25) is 11.8 Å². The van der Waals surface area contributed by atoms with Gasteiger partial charge in [-0.3, -0.25) is 14.4 Å². The molecule has 0 saturated heterocycles. The van der Waals surface area contributed by atoms with E-state index in [1.165, 1.54) is 0 Å². The molecule has 0 bridgehead atoms. The minimum atomic E-state index is -0.591. The molecule has 0 atom stereocenters. The number of primary amides is 1. The van der Waals surface area contributed by atoms with Gasteiger partial charge >= 0.3 is 0 Å². The van der Waals surface area contributed by atoms with Crippen LogP contribution in [0, 0.1) is 17.3 Å². The predicted octanol–water partition coefficient (Wildman–Crippen LogP) is 1.37. The van der Waals surface area contributed by atoms with Crippen molar-refractivity contribution in [3.8, 4) is 0 Å². The molecule has 1 aliphatic rings. The van der Waals surface area contributed by atoms with Gasteiger partial charge in [0.1, 0.15) is 0 Å². The van der Waals surface area contributed by atoms with Crippen LogP contribution in [0.3, 0.4) is 0 Å². The molecule has 5 heteroatoms. The number of hydroxylamine groups is 1. The number of rotatable bonds is 4. The lowest BCUT2D eigenvalue weighted by molar-refractivity contribution is -0.142. The molecule has 0 heterocycles. The van der Waals surface area contributed by atoms with Crippen LogP contribution < -0.4 is 11.2 Å². The molecule has 0 spiro atoms. The van der Waals surface area contributed by atoms with Crippen LogP contribution in [-0.4, -0.2) is 18.4 Å². The predicted molar refractivity (Wildman–Crippen MR) is 68.2 cm³/mol. The van der Waals surface area contributed by atoms with Gasteiger partial charge in [0, 0.05) is 5.92 Å². The average Bonchev–Trinajstić information content (AvgIpc) is 2.27. The van der Waals surface area contributed by atoms with E-state index in [0.717, 1.165) is 25.7 Å². The molecule has 0 radical (unpaired) electrons. The number of hydrogen-bond acceptors (Lipinski definition) is 3. The maximum absolute atomic E-state index is 11.7. The zero-order chi connectivity index (χ0) is 13.8. The van der Waals surface area contributed by atoms with E-state index in [4.69, 9.17) is 10.6 Å². The number of carbonyl (C=O) groups excluding carboxylic acids is 2. The van der Waals surface area contributed by atoms with Crippen molar-refractivity contribution < 1.29 is 14.4 Å². The highest BCUT2D eigenvalue weighted by molar-refractivity contribution is 5.78. The van der Waals surface area contributed by atoms with E-state index < -0.39 is 5.91 Å². The Labute approximate surface area is 108 Å². The molecular formula is C13H24N2O3. The summed E-state index contributed by atoms with van der Waals surface area (Å²) in [5.41, 5.74) is 7.51. The van der Waals surface area contributed by atoms with Crippen LogP contribution in [-0.2, 0) is 14.4 Å². The Balaban J connectivity index is 2.30. The maximum Gasteiger partial charge on any atom is 0.246 e. The van der Waals surface area contributed by atoms with Gasteiger partial charge in [-0.05, 0) is 37.0 Å². The Bertz CT molecular complexity index is 302. The first kappa shape index (κ1) is 15.0. The number of hydrogen-bond donors (Lipinski definition) is 2. The van der Waals surface area contributed by atoms with E-state index in [9.17, 15) is 9.59 Å². The Morgan fingerprint density at radius 3 is 2.22 bits per heavy atom. The number of amides is 2. The summed E-state index contributed by atoms with van der Waals surface area (Å²) >= 11 is 0. The molecule has 0 aromatic carbocycles. The summed E-state index contributed by atoms with van der Waals surface area (Å²) in [6, 6.07) is 0. The zero-order valence-corrected chi connectivity index (χ0v) is 11.5. The third kappa shape index (κ3) is 4.64. The van der Waals surface area contributed by atoms with Crippen LogP contribution in [0.5, 0.6) is 0 Å². The molecule has 1 rings (SSSR count). The van der Waals surface area contributed by atoms with Crippen LogP contribution in [0.25, 0.3) is 0 Å². The van der Waals surface area contributed by atoms with Crippen molar-refractivity contribution in [1.29, 1.82) is 0 Å². The second kappa shape index (κ2) is 6.18. The average molecular weight is 256 g/mol. The molecule has 1 saturated carbocycles. The first-order chi connectivity index (χ1) is 8.30. The molecule has 18 heavy (non-hydrogen) atoms. The summed E-state index contributed by atoms with van der Waals surface area (Å²) in [5.74, 6) is -0.0556. The molecule has 2 amide bonds. The lowest BCUT2D eigenvalue weighted by Crippen LogP contribution is -2.37. The van der Waals surface area contributed by atoms with Crippen LogP contribution >= 0.6 is 0 Å². The number of nitrogens with two attached hydrogens (primary N) is 1. The Morgan fingerprint density at radius 2 is 1.78 bits per heavy atom. The SMILES string of the molecule is CC(C)(C)C1CCC(C(=O)NOCC(N)=O)CC1. The number of nitrogens with one attached hydrogen (secondary N) is 1. The van der Waals surface area contributed by atoms with E-state index in [1.54, 1.807) is 0 Å². The summed E-state index contributed by atoms with van der Waals surface area (Å²) in [4.78, 5) is 26.9. The lowest BCUT2D eigenvalue weighted by Gasteiger charge is -2.36. The standard InChI is InChI=1S/C13H24N2O3/c1-13(2,3)10-6-4-9(5-7-10)12(17)15-18-8-11(14)16/h9-10H,4-8H2,1-3H3,(H2,14,16)(H,15,17). The minimum Gasteiger partial charge on any atom is -0.368 e. The van der Waals surface area contributed by atoms with Gasteiger partial charge in [-0.2, -0.15) is 0 Å². The van der Waals surface area contributed by atoms with Gasteiger partial charge in [0.05, 0.1) is 0 Å². The third-order valence-electron chi connectivity index (χ3n) is 3.71.